The van der Waals surface area contributed by atoms with Gasteiger partial charge in [0.15, 0.2) is 5.82 Å². The second kappa shape index (κ2) is 13.1. The lowest BCUT2D eigenvalue weighted by atomic mass is 9.97. The van der Waals surface area contributed by atoms with Gasteiger partial charge >= 0.3 is 6.18 Å². The number of aryl methyl sites for hydroxylation is 1. The van der Waals surface area contributed by atoms with E-state index >= 15 is 0 Å². The van der Waals surface area contributed by atoms with E-state index in [1.807, 2.05) is 7.05 Å². The largest absolute Gasteiger partial charge is 0.416 e. The van der Waals surface area contributed by atoms with Gasteiger partial charge in [-0.1, -0.05) is 0 Å². The quantitative estimate of drug-likeness (QED) is 0.259. The third-order valence-corrected chi connectivity index (χ3v) is 8.90. The molecule has 1 atom stereocenters. The van der Waals surface area contributed by atoms with Crippen LogP contribution < -0.4 is 10.2 Å². The lowest BCUT2D eigenvalue weighted by molar-refractivity contribution is -0.138. The molecule has 48 heavy (non-hydrogen) atoms. The SMILES string of the molecule is C[C@H]1CN(Cc2cc3c(c(C(F)(F)F)c2)CN(c2cc(-c4cc(C#N)ccc4-c4nncn4C)cc(NCCC#N)n2)C3=O)CCN1C. The molecule has 1 amide bonds. The number of carbonyl (C=O) groups excluding carboxylic acids is 1. The van der Waals surface area contributed by atoms with Gasteiger partial charge in [0.25, 0.3) is 5.91 Å². The van der Waals surface area contributed by atoms with Crippen LogP contribution in [0.4, 0.5) is 24.8 Å². The van der Waals surface area contributed by atoms with Crippen LogP contribution in [-0.4, -0.2) is 74.7 Å². The van der Waals surface area contributed by atoms with Crippen LogP contribution in [0.25, 0.3) is 22.5 Å². The minimum atomic E-state index is -4.67. The highest BCUT2D eigenvalue weighted by molar-refractivity contribution is 6.10. The van der Waals surface area contributed by atoms with Gasteiger partial charge in [-0.3, -0.25) is 14.6 Å². The Kier molecular flexibility index (Phi) is 8.88. The number of nitrogens with zero attached hydrogens (tertiary/aromatic N) is 9. The Labute approximate surface area is 275 Å². The van der Waals surface area contributed by atoms with Crippen LogP contribution in [0.1, 0.15) is 46.0 Å². The number of anilines is 2. The van der Waals surface area contributed by atoms with E-state index in [0.29, 0.717) is 59.1 Å². The Balaban J connectivity index is 1.43. The zero-order valence-electron chi connectivity index (χ0n) is 26.7. The van der Waals surface area contributed by atoms with E-state index in [-0.39, 0.29) is 42.5 Å². The number of piperazine rings is 1. The van der Waals surface area contributed by atoms with Crippen molar-refractivity contribution < 1.29 is 18.0 Å². The number of likely N-dealkylation sites (N-methyl/N-ethyl adjacent to an activating group) is 1. The van der Waals surface area contributed by atoms with E-state index in [1.54, 1.807) is 54.3 Å². The number of carbonyl (C=O) groups is 1. The molecule has 1 N–H and O–H groups in total. The predicted octanol–water partition coefficient (Wildman–Crippen LogP) is 5.06. The minimum absolute atomic E-state index is 0.000514. The van der Waals surface area contributed by atoms with E-state index in [4.69, 9.17) is 5.26 Å². The first-order valence-electron chi connectivity index (χ1n) is 15.5. The number of nitriles is 2. The molecular formula is C34H33F3N10O. The first-order valence-corrected chi connectivity index (χ1v) is 15.5. The topological polar surface area (TPSA) is 130 Å². The van der Waals surface area contributed by atoms with Crippen molar-refractivity contribution >= 4 is 17.5 Å². The standard InChI is InChI=1S/C34H33F3N10O/c1-21-17-46(10-9-44(21)2)18-23-12-27-28(29(13-23)34(35,36)37)19-47(33(27)48)31-15-24(14-30(42-31)40-8-4-7-38)26-11-22(16-39)5-6-25(26)32-43-41-20-45(32)3/h5-6,11-15,20-21H,4,8-10,17-19H2,1-3H3,(H,40,42)/t21-/m0/s1. The van der Waals surface area contributed by atoms with Crippen LogP contribution in [0.15, 0.2) is 48.8 Å². The van der Waals surface area contributed by atoms with E-state index in [0.717, 1.165) is 12.6 Å². The fraction of sp³-hybridized carbons (Fsp3) is 0.353. The fourth-order valence-electron chi connectivity index (χ4n) is 6.24. The molecule has 246 valence electrons. The third kappa shape index (κ3) is 6.45. The van der Waals surface area contributed by atoms with E-state index in [9.17, 15) is 23.2 Å². The molecule has 4 heterocycles. The zero-order valence-corrected chi connectivity index (χ0v) is 26.7. The summed E-state index contributed by atoms with van der Waals surface area (Å²) in [6.07, 6.45) is -2.96. The molecular weight excluding hydrogens is 621 g/mol. The molecule has 0 aliphatic carbocycles. The molecule has 2 aliphatic heterocycles. The first-order chi connectivity index (χ1) is 23.0. The molecule has 0 spiro atoms. The highest BCUT2D eigenvalue weighted by Gasteiger charge is 2.41. The van der Waals surface area contributed by atoms with Crippen LogP contribution in [0, 0.1) is 22.7 Å². The number of pyridine rings is 1. The molecule has 0 radical (unpaired) electrons. The van der Waals surface area contributed by atoms with Crippen molar-refractivity contribution in [1.29, 1.82) is 10.5 Å². The number of hydrogen-bond acceptors (Lipinski definition) is 9. The lowest BCUT2D eigenvalue weighted by Gasteiger charge is -2.37. The number of halogens is 3. The highest BCUT2D eigenvalue weighted by atomic mass is 19.4. The van der Waals surface area contributed by atoms with Gasteiger partial charge in [0.1, 0.15) is 18.0 Å². The predicted molar refractivity (Wildman–Crippen MR) is 172 cm³/mol. The molecule has 0 unspecified atom stereocenters. The molecule has 1 fully saturated rings. The zero-order chi connectivity index (χ0) is 34.2. The van der Waals surface area contributed by atoms with Gasteiger partial charge in [-0.25, -0.2) is 4.98 Å². The molecule has 14 heteroatoms. The number of aromatic nitrogens is 4. The van der Waals surface area contributed by atoms with Gasteiger partial charge in [-0.2, -0.15) is 23.7 Å². The highest BCUT2D eigenvalue weighted by Crippen LogP contribution is 2.41. The summed E-state index contributed by atoms with van der Waals surface area (Å²) in [7, 11) is 3.80. The first kappa shape index (κ1) is 32.6. The molecule has 1 saturated heterocycles. The van der Waals surface area contributed by atoms with Crippen LogP contribution in [0.2, 0.25) is 0 Å². The maximum absolute atomic E-state index is 14.5. The van der Waals surface area contributed by atoms with E-state index in [1.165, 1.54) is 4.90 Å². The molecule has 2 aromatic carbocycles. The number of fused-ring (bicyclic) bond motifs is 1. The van der Waals surface area contributed by atoms with E-state index < -0.39 is 17.6 Å². The summed E-state index contributed by atoms with van der Waals surface area (Å²) in [5, 5.41) is 30.1. The summed E-state index contributed by atoms with van der Waals surface area (Å²) in [6, 6.07) is 15.6. The Bertz CT molecular complexity index is 1960. The summed E-state index contributed by atoms with van der Waals surface area (Å²) in [5.41, 5.74) is 1.64. The summed E-state index contributed by atoms with van der Waals surface area (Å²) < 4.78 is 45.3. The van der Waals surface area contributed by atoms with Crippen LogP contribution >= 0.6 is 0 Å². The molecule has 2 aliphatic rings. The average molecular weight is 655 g/mol. The van der Waals surface area contributed by atoms with Gasteiger partial charge in [-0.15, -0.1) is 10.2 Å². The van der Waals surface area contributed by atoms with Crippen LogP contribution in [0.5, 0.6) is 0 Å². The number of rotatable bonds is 8. The van der Waals surface area contributed by atoms with Gasteiger partial charge in [0, 0.05) is 56.9 Å². The van der Waals surface area contributed by atoms with Gasteiger partial charge < -0.3 is 14.8 Å². The summed E-state index contributed by atoms with van der Waals surface area (Å²) in [4.78, 5) is 24.2. The maximum Gasteiger partial charge on any atom is 0.416 e. The van der Waals surface area contributed by atoms with Gasteiger partial charge in [0.2, 0.25) is 0 Å². The Morgan fingerprint density at radius 1 is 1.04 bits per heavy atom. The van der Waals surface area contributed by atoms with Gasteiger partial charge in [0.05, 0.1) is 36.2 Å². The van der Waals surface area contributed by atoms with Crippen molar-refractivity contribution in [3.05, 3.63) is 76.6 Å². The van der Waals surface area contributed by atoms with Crippen molar-refractivity contribution in [2.75, 3.05) is 43.4 Å². The van der Waals surface area contributed by atoms with Crippen molar-refractivity contribution in [2.45, 2.75) is 38.7 Å². The summed E-state index contributed by atoms with van der Waals surface area (Å²) in [6.45, 7) is 4.51. The second-order valence-electron chi connectivity index (χ2n) is 12.2. The molecule has 0 saturated carbocycles. The number of hydrogen-bond donors (Lipinski definition) is 1. The maximum atomic E-state index is 14.5. The Hall–Kier alpha value is -5.31. The summed E-state index contributed by atoms with van der Waals surface area (Å²) in [5.74, 6) is 0.375. The number of nitrogens with one attached hydrogen (secondary N) is 1. The molecule has 6 rings (SSSR count). The summed E-state index contributed by atoms with van der Waals surface area (Å²) >= 11 is 0. The average Bonchev–Trinajstić information content (AvgIpc) is 3.64. The number of alkyl halides is 3. The van der Waals surface area contributed by atoms with Crippen molar-refractivity contribution in [2.24, 2.45) is 7.05 Å². The van der Waals surface area contributed by atoms with Crippen LogP contribution in [-0.2, 0) is 26.3 Å². The fourth-order valence-corrected chi connectivity index (χ4v) is 6.24. The van der Waals surface area contributed by atoms with Crippen LogP contribution in [0.3, 0.4) is 0 Å². The monoisotopic (exact) mass is 654 g/mol. The number of amides is 1. The van der Waals surface area contributed by atoms with Crippen molar-refractivity contribution in [3.8, 4) is 34.7 Å². The van der Waals surface area contributed by atoms with Crippen molar-refractivity contribution in [3.63, 3.8) is 0 Å². The molecule has 0 bridgehead atoms. The third-order valence-electron chi connectivity index (χ3n) is 8.90. The normalized spacial score (nSPS) is 16.9. The Morgan fingerprint density at radius 2 is 1.85 bits per heavy atom. The lowest BCUT2D eigenvalue weighted by Crippen LogP contribution is -2.49. The Morgan fingerprint density at radius 3 is 2.54 bits per heavy atom. The smallest absolute Gasteiger partial charge is 0.369 e. The minimum Gasteiger partial charge on any atom is -0.369 e. The molecule has 4 aromatic rings. The van der Waals surface area contributed by atoms with Gasteiger partial charge in [-0.05, 0) is 78.7 Å². The van der Waals surface area contributed by atoms with Crippen molar-refractivity contribution in [1.82, 2.24) is 29.5 Å². The second-order valence-corrected chi connectivity index (χ2v) is 12.2. The molecule has 11 nitrogen and oxygen atoms in total. The molecule has 2 aromatic heterocycles. The van der Waals surface area contributed by atoms with E-state index in [2.05, 4.69) is 49.4 Å². The number of benzene rings is 2.